The van der Waals surface area contributed by atoms with E-state index in [1.54, 1.807) is 13.8 Å². The van der Waals surface area contributed by atoms with Crippen LogP contribution < -0.4 is 10.9 Å². The number of anilines is 1. The van der Waals surface area contributed by atoms with Crippen LogP contribution in [0.2, 0.25) is 0 Å². The molecule has 1 atom stereocenters. The Kier molecular flexibility index (Phi) is 6.31. The van der Waals surface area contributed by atoms with Gasteiger partial charge in [0.1, 0.15) is 4.88 Å². The van der Waals surface area contributed by atoms with Crippen molar-refractivity contribution in [2.75, 3.05) is 12.0 Å². The summed E-state index contributed by atoms with van der Waals surface area (Å²) in [5.41, 5.74) is 6.99. The van der Waals surface area contributed by atoms with Crippen LogP contribution in [-0.4, -0.2) is 23.5 Å². The lowest BCUT2D eigenvalue weighted by molar-refractivity contribution is -0.122. The van der Waals surface area contributed by atoms with E-state index < -0.39 is 5.97 Å². The van der Waals surface area contributed by atoms with Gasteiger partial charge in [-0.1, -0.05) is 48.6 Å². The van der Waals surface area contributed by atoms with Crippen molar-refractivity contribution >= 4 is 28.3 Å². The van der Waals surface area contributed by atoms with Gasteiger partial charge in [-0.05, 0) is 25.8 Å². The molecule has 0 aliphatic heterocycles. The lowest BCUT2D eigenvalue weighted by Gasteiger charge is -2.15. The third-order valence-electron chi connectivity index (χ3n) is 3.48. The van der Waals surface area contributed by atoms with Crippen molar-refractivity contribution in [3.05, 3.63) is 46.5 Å². The third kappa shape index (κ3) is 4.32. The number of carbonyl (C=O) groups excluding carboxylic acids is 2. The number of nitrogens with zero attached hydrogens (tertiary/aromatic N) is 1. The quantitative estimate of drug-likeness (QED) is 0.593. The highest BCUT2D eigenvalue weighted by molar-refractivity contribution is 7.17. The van der Waals surface area contributed by atoms with Crippen molar-refractivity contribution in [2.24, 2.45) is 0 Å². The second-order valence-electron chi connectivity index (χ2n) is 5.14. The van der Waals surface area contributed by atoms with E-state index in [4.69, 9.17) is 4.74 Å². The Morgan fingerprint density at radius 3 is 2.58 bits per heavy atom. The van der Waals surface area contributed by atoms with E-state index in [1.807, 2.05) is 37.3 Å². The van der Waals surface area contributed by atoms with E-state index in [0.717, 1.165) is 16.9 Å². The molecule has 0 bridgehead atoms. The van der Waals surface area contributed by atoms with Gasteiger partial charge in [0.05, 0.1) is 18.2 Å². The first kappa shape index (κ1) is 17.9. The Balaban J connectivity index is 2.01. The molecule has 1 aromatic carbocycles. The summed E-state index contributed by atoms with van der Waals surface area (Å²) in [6.45, 7) is 5.76. The molecule has 1 amide bonds. The van der Waals surface area contributed by atoms with E-state index in [0.29, 0.717) is 28.7 Å². The van der Waals surface area contributed by atoms with E-state index in [-0.39, 0.29) is 11.8 Å². The van der Waals surface area contributed by atoms with Crippen LogP contribution in [0.3, 0.4) is 0 Å². The number of nitrogens with one attached hydrogen (secondary N) is 2. The van der Waals surface area contributed by atoms with Crippen LogP contribution in [0.15, 0.2) is 30.3 Å². The second-order valence-corrected chi connectivity index (χ2v) is 6.14. The van der Waals surface area contributed by atoms with E-state index in [9.17, 15) is 9.59 Å². The minimum Gasteiger partial charge on any atom is -0.462 e. The summed E-state index contributed by atoms with van der Waals surface area (Å²) in [5, 5.41) is 0.451. The molecule has 2 aromatic rings. The number of hydrazine groups is 1. The molecule has 128 valence electrons. The van der Waals surface area contributed by atoms with E-state index in [2.05, 4.69) is 15.8 Å². The zero-order valence-electron chi connectivity index (χ0n) is 14.0. The molecule has 7 heteroatoms. The molecule has 1 heterocycles. The van der Waals surface area contributed by atoms with E-state index >= 15 is 0 Å². The summed E-state index contributed by atoms with van der Waals surface area (Å²) in [4.78, 5) is 28.8. The molecule has 0 fully saturated rings. The zero-order chi connectivity index (χ0) is 17.5. The van der Waals surface area contributed by atoms with Crippen molar-refractivity contribution in [3.63, 3.8) is 0 Å². The number of thiazole rings is 1. The van der Waals surface area contributed by atoms with Crippen LogP contribution in [0, 0.1) is 6.92 Å². The Hall–Kier alpha value is -2.41. The maximum Gasteiger partial charge on any atom is 0.350 e. The second kappa shape index (κ2) is 8.44. The Morgan fingerprint density at radius 1 is 1.25 bits per heavy atom. The standard InChI is InChI=1S/C17H21N3O3S/c1-4-13(12-9-7-6-8-10-12)15(21)19-20-17-18-11(3)14(24-17)16(22)23-5-2/h6-10,13H,4-5H2,1-3H3,(H,18,20)(H,19,21)/t13-/m0/s1. The molecule has 0 spiro atoms. The smallest absolute Gasteiger partial charge is 0.350 e. The first-order chi connectivity index (χ1) is 11.6. The predicted molar refractivity (Wildman–Crippen MR) is 94.0 cm³/mol. The van der Waals surface area contributed by atoms with Gasteiger partial charge < -0.3 is 4.74 Å². The normalized spacial score (nSPS) is 11.6. The molecule has 2 rings (SSSR count). The van der Waals surface area contributed by atoms with Gasteiger partial charge in [0, 0.05) is 0 Å². The van der Waals surface area contributed by atoms with Gasteiger partial charge in [-0.15, -0.1) is 0 Å². The van der Waals surface area contributed by atoms with Crippen LogP contribution in [-0.2, 0) is 9.53 Å². The number of rotatable bonds is 7. The number of aromatic nitrogens is 1. The summed E-state index contributed by atoms with van der Waals surface area (Å²) < 4.78 is 4.98. The fourth-order valence-electron chi connectivity index (χ4n) is 2.30. The molecular formula is C17H21N3O3S. The molecule has 0 saturated carbocycles. The summed E-state index contributed by atoms with van der Waals surface area (Å²) in [5.74, 6) is -0.791. The fraction of sp³-hybridized carbons (Fsp3) is 0.353. The van der Waals surface area contributed by atoms with Crippen LogP contribution in [0.4, 0.5) is 5.13 Å². The number of hydrogen-bond acceptors (Lipinski definition) is 6. The number of esters is 1. The van der Waals surface area contributed by atoms with Crippen LogP contribution in [0.1, 0.15) is 47.1 Å². The van der Waals surface area contributed by atoms with Crippen molar-refractivity contribution in [1.82, 2.24) is 10.4 Å². The van der Waals surface area contributed by atoms with Crippen molar-refractivity contribution in [2.45, 2.75) is 33.1 Å². The molecule has 0 aliphatic carbocycles. The molecule has 0 unspecified atom stereocenters. The van der Waals surface area contributed by atoms with Gasteiger partial charge >= 0.3 is 5.97 Å². The van der Waals surface area contributed by atoms with Gasteiger partial charge in [-0.25, -0.2) is 9.78 Å². The molecule has 24 heavy (non-hydrogen) atoms. The van der Waals surface area contributed by atoms with Crippen molar-refractivity contribution in [3.8, 4) is 0 Å². The first-order valence-electron chi connectivity index (χ1n) is 7.82. The topological polar surface area (TPSA) is 80.3 Å². The predicted octanol–water partition coefficient (Wildman–Crippen LogP) is 3.27. The average molecular weight is 347 g/mol. The highest BCUT2D eigenvalue weighted by Crippen LogP contribution is 2.23. The molecule has 1 aromatic heterocycles. The Labute approximate surface area is 145 Å². The number of amides is 1. The molecule has 6 nitrogen and oxygen atoms in total. The Bertz CT molecular complexity index is 700. The zero-order valence-corrected chi connectivity index (χ0v) is 14.8. The maximum atomic E-state index is 12.4. The lowest BCUT2D eigenvalue weighted by atomic mass is 9.96. The molecule has 0 saturated heterocycles. The van der Waals surface area contributed by atoms with Crippen LogP contribution in [0.5, 0.6) is 0 Å². The molecule has 0 radical (unpaired) electrons. The van der Waals surface area contributed by atoms with Crippen molar-refractivity contribution < 1.29 is 14.3 Å². The van der Waals surface area contributed by atoms with Crippen molar-refractivity contribution in [1.29, 1.82) is 0 Å². The molecular weight excluding hydrogens is 326 g/mol. The fourth-order valence-corrected chi connectivity index (χ4v) is 3.11. The highest BCUT2D eigenvalue weighted by Gasteiger charge is 2.20. The summed E-state index contributed by atoms with van der Waals surface area (Å²) >= 11 is 1.15. The number of ether oxygens (including phenoxy) is 1. The summed E-state index contributed by atoms with van der Waals surface area (Å²) in [7, 11) is 0. The van der Waals surface area contributed by atoms with Gasteiger partial charge in [-0.2, -0.15) is 0 Å². The summed E-state index contributed by atoms with van der Waals surface area (Å²) in [6.07, 6.45) is 0.683. The Morgan fingerprint density at radius 2 is 1.96 bits per heavy atom. The first-order valence-corrected chi connectivity index (χ1v) is 8.63. The van der Waals surface area contributed by atoms with Gasteiger partial charge in [0.25, 0.3) is 0 Å². The number of hydrogen-bond donors (Lipinski definition) is 2. The lowest BCUT2D eigenvalue weighted by Crippen LogP contribution is -2.33. The van der Waals surface area contributed by atoms with Gasteiger partial charge in [0.2, 0.25) is 11.0 Å². The third-order valence-corrected chi connectivity index (χ3v) is 4.53. The van der Waals surface area contributed by atoms with Crippen LogP contribution >= 0.6 is 11.3 Å². The monoisotopic (exact) mass is 347 g/mol. The van der Waals surface area contributed by atoms with Gasteiger partial charge in [0.15, 0.2) is 0 Å². The number of benzene rings is 1. The van der Waals surface area contributed by atoms with Crippen LogP contribution in [0.25, 0.3) is 0 Å². The SMILES string of the molecule is CCOC(=O)c1sc(NNC(=O)[C@@H](CC)c2ccccc2)nc1C. The molecule has 2 N–H and O–H groups in total. The number of aryl methyl sites for hydroxylation is 1. The molecule has 0 aliphatic rings. The maximum absolute atomic E-state index is 12.4. The average Bonchev–Trinajstić information content (AvgIpc) is 2.96. The minimum absolute atomic E-state index is 0.144. The summed E-state index contributed by atoms with van der Waals surface area (Å²) in [6, 6.07) is 9.60. The minimum atomic E-state index is -0.400. The largest absolute Gasteiger partial charge is 0.462 e. The number of carbonyl (C=O) groups is 2. The van der Waals surface area contributed by atoms with Gasteiger partial charge in [-0.3, -0.25) is 15.6 Å². The van der Waals surface area contributed by atoms with E-state index in [1.165, 1.54) is 0 Å². The highest BCUT2D eigenvalue weighted by atomic mass is 32.1.